The fourth-order valence-electron chi connectivity index (χ4n) is 2.30. The average molecular weight is 357 g/mol. The van der Waals surface area contributed by atoms with E-state index < -0.39 is 54.4 Å². The molecule has 1 aliphatic heterocycles. The van der Waals surface area contributed by atoms with Crippen molar-refractivity contribution in [3.63, 3.8) is 0 Å². The van der Waals surface area contributed by atoms with Crippen molar-refractivity contribution in [1.29, 1.82) is 5.26 Å². The number of hydrogen-bond acceptors (Lipinski definition) is 10. The molecule has 25 heavy (non-hydrogen) atoms. The first-order valence-corrected chi connectivity index (χ1v) is 7.35. The van der Waals surface area contributed by atoms with Crippen LogP contribution in [0, 0.1) is 17.2 Å². The lowest BCUT2D eigenvalue weighted by atomic mass is 9.91. The lowest BCUT2D eigenvalue weighted by molar-refractivity contribution is -0.274. The van der Waals surface area contributed by atoms with Gasteiger partial charge in [-0.15, -0.1) is 0 Å². The number of rotatable bonds is 5. The summed E-state index contributed by atoms with van der Waals surface area (Å²) in [6.45, 7) is 4.14. The Hall–Kier alpha value is -2.67. The van der Waals surface area contributed by atoms with Gasteiger partial charge in [0.2, 0.25) is 6.29 Å². The van der Waals surface area contributed by atoms with Gasteiger partial charge in [-0.3, -0.25) is 19.2 Å². The van der Waals surface area contributed by atoms with Gasteiger partial charge in [-0.25, -0.2) is 0 Å². The highest BCUT2D eigenvalue weighted by atomic mass is 16.7. The number of nitrogens with zero attached hydrogens (tertiary/aromatic N) is 1. The van der Waals surface area contributed by atoms with Crippen molar-refractivity contribution in [3.8, 4) is 6.07 Å². The summed E-state index contributed by atoms with van der Waals surface area (Å²) in [6, 6.07) is 1.82. The molecule has 1 fully saturated rings. The topological polar surface area (TPSA) is 138 Å². The Morgan fingerprint density at radius 3 is 1.84 bits per heavy atom. The highest BCUT2D eigenvalue weighted by molar-refractivity contribution is 5.68. The molecule has 5 atom stereocenters. The molecule has 0 aliphatic carbocycles. The van der Waals surface area contributed by atoms with Crippen LogP contribution in [-0.2, 0) is 42.9 Å². The van der Waals surface area contributed by atoms with Crippen molar-refractivity contribution in [2.24, 2.45) is 5.92 Å². The van der Waals surface area contributed by atoms with Crippen molar-refractivity contribution in [1.82, 2.24) is 0 Å². The maximum absolute atomic E-state index is 11.4. The summed E-state index contributed by atoms with van der Waals surface area (Å²) in [5.74, 6) is -4.06. The van der Waals surface area contributed by atoms with E-state index in [4.69, 9.17) is 23.7 Å². The van der Waals surface area contributed by atoms with Gasteiger partial charge >= 0.3 is 23.9 Å². The number of hydrogen-bond donors (Lipinski definition) is 0. The van der Waals surface area contributed by atoms with Crippen LogP contribution >= 0.6 is 0 Å². The van der Waals surface area contributed by atoms with E-state index in [9.17, 15) is 24.4 Å². The van der Waals surface area contributed by atoms with E-state index in [1.54, 1.807) is 0 Å². The normalized spacial score (nSPS) is 28.2. The number of carbonyl (C=O) groups excluding carboxylic acids is 4. The van der Waals surface area contributed by atoms with E-state index in [1.165, 1.54) is 0 Å². The Kier molecular flexibility index (Phi) is 7.32. The molecule has 138 valence electrons. The summed E-state index contributed by atoms with van der Waals surface area (Å²) in [6.07, 6.45) is -4.99. The minimum Gasteiger partial charge on any atom is -0.463 e. The Morgan fingerprint density at radius 1 is 0.880 bits per heavy atom. The average Bonchev–Trinajstić information content (AvgIpc) is 2.46. The van der Waals surface area contributed by atoms with Crippen LogP contribution in [0.2, 0.25) is 0 Å². The van der Waals surface area contributed by atoms with Crippen LogP contribution in [0.3, 0.4) is 0 Å². The van der Waals surface area contributed by atoms with Gasteiger partial charge in [-0.2, -0.15) is 5.26 Å². The molecule has 0 saturated carbocycles. The second-order valence-electron chi connectivity index (χ2n) is 5.26. The zero-order chi connectivity index (χ0) is 19.1. The second-order valence-corrected chi connectivity index (χ2v) is 5.26. The number of nitriles is 1. The summed E-state index contributed by atoms with van der Waals surface area (Å²) >= 11 is 0. The molecule has 0 aromatic rings. The molecule has 0 bridgehead atoms. The van der Waals surface area contributed by atoms with Crippen LogP contribution in [0.15, 0.2) is 0 Å². The van der Waals surface area contributed by atoms with Crippen molar-refractivity contribution < 1.29 is 42.9 Å². The lowest BCUT2D eigenvalue weighted by Gasteiger charge is -2.41. The molecule has 0 spiro atoms. The van der Waals surface area contributed by atoms with E-state index in [2.05, 4.69) is 0 Å². The minimum atomic E-state index is -1.39. The van der Waals surface area contributed by atoms with Crippen molar-refractivity contribution in [2.75, 3.05) is 6.61 Å². The van der Waals surface area contributed by atoms with Crippen LogP contribution in [-0.4, -0.2) is 55.1 Å². The third-order valence-corrected chi connectivity index (χ3v) is 3.13. The molecule has 0 amide bonds. The first-order chi connectivity index (χ1) is 11.6. The zero-order valence-electron chi connectivity index (χ0n) is 14.2. The highest BCUT2D eigenvalue weighted by Gasteiger charge is 2.52. The number of carbonyl (C=O) groups is 4. The van der Waals surface area contributed by atoms with E-state index in [0.717, 1.165) is 27.7 Å². The Bertz CT molecular complexity index is 582. The van der Waals surface area contributed by atoms with Crippen LogP contribution < -0.4 is 0 Å². The predicted molar refractivity (Wildman–Crippen MR) is 77.3 cm³/mol. The Labute approximate surface area is 143 Å². The van der Waals surface area contributed by atoms with E-state index in [0.29, 0.717) is 0 Å². The molecular formula is C15H19NO9. The number of esters is 4. The van der Waals surface area contributed by atoms with E-state index >= 15 is 0 Å². The largest absolute Gasteiger partial charge is 0.463 e. The molecule has 1 unspecified atom stereocenters. The Morgan fingerprint density at radius 2 is 1.40 bits per heavy atom. The maximum Gasteiger partial charge on any atom is 0.304 e. The molecule has 1 saturated heterocycles. The monoisotopic (exact) mass is 357 g/mol. The quantitative estimate of drug-likeness (QED) is 0.482. The third kappa shape index (κ3) is 6.04. The zero-order valence-corrected chi connectivity index (χ0v) is 14.2. The lowest BCUT2D eigenvalue weighted by Crippen LogP contribution is -2.59. The van der Waals surface area contributed by atoms with Gasteiger partial charge in [-0.1, -0.05) is 0 Å². The standard InChI is InChI=1S/C15H19NO9/c1-7(17)21-6-12-14(23-9(3)19)13(22-8(2)18)11(5-16)15(25-12)24-10(4)20/h11-15H,6H2,1-4H3/t11-,12?,13-,14-,15-/m1/s1. The van der Waals surface area contributed by atoms with Crippen LogP contribution in [0.5, 0.6) is 0 Å². The smallest absolute Gasteiger partial charge is 0.304 e. The first kappa shape index (κ1) is 20.4. The third-order valence-electron chi connectivity index (χ3n) is 3.13. The molecule has 0 radical (unpaired) electrons. The molecule has 0 aromatic heterocycles. The second kappa shape index (κ2) is 8.98. The van der Waals surface area contributed by atoms with Crippen molar-refractivity contribution >= 4 is 23.9 Å². The Balaban J connectivity index is 3.19. The minimum absolute atomic E-state index is 0.360. The van der Waals surface area contributed by atoms with Crippen LogP contribution in [0.1, 0.15) is 27.7 Å². The summed E-state index contributed by atoms with van der Waals surface area (Å²) in [7, 11) is 0. The molecule has 0 aromatic carbocycles. The highest BCUT2D eigenvalue weighted by Crippen LogP contribution is 2.31. The van der Waals surface area contributed by atoms with E-state index in [-0.39, 0.29) is 6.61 Å². The summed E-state index contributed by atoms with van der Waals surface area (Å²) in [4.78, 5) is 45.1. The fraction of sp³-hybridized carbons (Fsp3) is 0.667. The van der Waals surface area contributed by atoms with Gasteiger partial charge in [0.1, 0.15) is 18.6 Å². The van der Waals surface area contributed by atoms with Crippen LogP contribution in [0.4, 0.5) is 0 Å². The maximum atomic E-state index is 11.4. The van der Waals surface area contributed by atoms with Crippen LogP contribution in [0.25, 0.3) is 0 Å². The molecule has 1 heterocycles. The van der Waals surface area contributed by atoms with Crippen molar-refractivity contribution in [2.45, 2.75) is 52.3 Å². The van der Waals surface area contributed by atoms with Gasteiger partial charge in [0.05, 0.1) is 6.07 Å². The number of ether oxygens (including phenoxy) is 5. The first-order valence-electron chi connectivity index (χ1n) is 7.35. The molecule has 10 nitrogen and oxygen atoms in total. The van der Waals surface area contributed by atoms with E-state index in [1.807, 2.05) is 6.07 Å². The summed E-state index contributed by atoms with van der Waals surface area (Å²) < 4.78 is 25.5. The van der Waals surface area contributed by atoms with Gasteiger partial charge < -0.3 is 23.7 Å². The molecule has 10 heteroatoms. The van der Waals surface area contributed by atoms with Crippen molar-refractivity contribution in [3.05, 3.63) is 0 Å². The fourth-order valence-corrected chi connectivity index (χ4v) is 2.30. The molecule has 1 rings (SSSR count). The molecule has 0 N–H and O–H groups in total. The van der Waals surface area contributed by atoms with Gasteiger partial charge in [0.25, 0.3) is 0 Å². The predicted octanol–water partition coefficient (Wildman–Crippen LogP) is -0.159. The van der Waals surface area contributed by atoms with Gasteiger partial charge in [0.15, 0.2) is 12.2 Å². The molecule has 1 aliphatic rings. The van der Waals surface area contributed by atoms with Gasteiger partial charge in [0, 0.05) is 27.7 Å². The SMILES string of the molecule is CC(=O)OCC1O[C@@H](OC(C)=O)[C@H](C#N)[C@@H](OC(C)=O)[C@@H]1OC(C)=O. The van der Waals surface area contributed by atoms with Gasteiger partial charge in [-0.05, 0) is 0 Å². The summed E-state index contributed by atoms with van der Waals surface area (Å²) in [5, 5.41) is 9.38. The summed E-state index contributed by atoms with van der Waals surface area (Å²) in [5.41, 5.74) is 0. The molecular weight excluding hydrogens is 338 g/mol.